The van der Waals surface area contributed by atoms with E-state index >= 15 is 0 Å². The van der Waals surface area contributed by atoms with Crippen LogP contribution in [0.25, 0.3) is 0 Å². The number of pyridine rings is 1. The highest BCUT2D eigenvalue weighted by atomic mass is 35.5. The summed E-state index contributed by atoms with van der Waals surface area (Å²) < 4.78 is 18.0. The van der Waals surface area contributed by atoms with Crippen LogP contribution in [0.4, 0.5) is 4.79 Å². The van der Waals surface area contributed by atoms with E-state index in [0.717, 1.165) is 24.8 Å². The third-order valence-corrected chi connectivity index (χ3v) is 5.39. The van der Waals surface area contributed by atoms with Gasteiger partial charge in [0.1, 0.15) is 10.8 Å². The molecule has 0 spiro atoms. The van der Waals surface area contributed by atoms with Gasteiger partial charge in [0.25, 0.3) is 0 Å². The van der Waals surface area contributed by atoms with Gasteiger partial charge in [-0.15, -0.1) is 0 Å². The minimum Gasteiger partial charge on any atom is -0.444 e. The van der Waals surface area contributed by atoms with Crippen molar-refractivity contribution in [1.29, 1.82) is 0 Å². The summed E-state index contributed by atoms with van der Waals surface area (Å²) in [4.78, 5) is 18.1. The van der Waals surface area contributed by atoms with E-state index in [9.17, 15) is 9.00 Å². The van der Waals surface area contributed by atoms with Crippen molar-refractivity contribution in [3.63, 3.8) is 0 Å². The van der Waals surface area contributed by atoms with Crippen LogP contribution in [0, 0.1) is 0 Å². The van der Waals surface area contributed by atoms with Gasteiger partial charge in [-0.1, -0.05) is 17.7 Å². The highest BCUT2D eigenvalue weighted by Crippen LogP contribution is 2.22. The SMILES string of the molecule is CC(C)(C)OC(=O)N1CCCCC1CS(=O)Cc1ccc(Cl)nc1. The van der Waals surface area contributed by atoms with Gasteiger partial charge in [-0.25, -0.2) is 9.78 Å². The Bertz CT molecular complexity index is 586. The molecule has 0 saturated carbocycles. The number of nitrogens with zero attached hydrogens (tertiary/aromatic N) is 2. The van der Waals surface area contributed by atoms with Crippen LogP contribution in [0.15, 0.2) is 18.3 Å². The lowest BCUT2D eigenvalue weighted by atomic mass is 10.0. The molecule has 0 aliphatic carbocycles. The van der Waals surface area contributed by atoms with Crippen molar-refractivity contribution in [2.24, 2.45) is 0 Å². The summed E-state index contributed by atoms with van der Waals surface area (Å²) in [5, 5.41) is 0.424. The molecule has 1 saturated heterocycles. The number of likely N-dealkylation sites (tertiary alicyclic amines) is 1. The second-order valence-corrected chi connectivity index (χ2v) is 8.95. The van der Waals surface area contributed by atoms with Crippen LogP contribution in [0.2, 0.25) is 5.15 Å². The van der Waals surface area contributed by atoms with Crippen LogP contribution in [0.1, 0.15) is 45.6 Å². The van der Waals surface area contributed by atoms with E-state index in [1.54, 1.807) is 17.2 Å². The quantitative estimate of drug-likeness (QED) is 0.755. The average Bonchev–Trinajstić information content (AvgIpc) is 2.48. The lowest BCUT2D eigenvalue weighted by molar-refractivity contribution is 0.0125. The first-order chi connectivity index (χ1) is 11.2. The fraction of sp³-hybridized carbons (Fsp3) is 0.647. The maximum Gasteiger partial charge on any atom is 0.410 e. The second-order valence-electron chi connectivity index (χ2n) is 7.06. The maximum atomic E-state index is 12.5. The standard InChI is InChI=1S/C17H25ClN2O3S/c1-17(2,3)23-16(21)20-9-5-4-6-14(20)12-24(22)11-13-7-8-15(18)19-10-13/h7-8,10,14H,4-6,9,11-12H2,1-3H3. The molecule has 1 aliphatic heterocycles. The van der Waals surface area contributed by atoms with Gasteiger partial charge in [-0.2, -0.15) is 0 Å². The Morgan fingerprint density at radius 1 is 1.42 bits per heavy atom. The van der Waals surface area contributed by atoms with Gasteiger partial charge in [-0.3, -0.25) is 4.21 Å². The molecule has 134 valence electrons. The number of amides is 1. The Morgan fingerprint density at radius 2 is 2.17 bits per heavy atom. The Hall–Kier alpha value is -1.14. The Morgan fingerprint density at radius 3 is 2.79 bits per heavy atom. The molecule has 1 amide bonds. The predicted octanol–water partition coefficient (Wildman–Crippen LogP) is 3.77. The smallest absolute Gasteiger partial charge is 0.410 e. The molecule has 24 heavy (non-hydrogen) atoms. The zero-order chi connectivity index (χ0) is 17.7. The van der Waals surface area contributed by atoms with Crippen molar-refractivity contribution in [2.45, 2.75) is 57.4 Å². The molecule has 0 bridgehead atoms. The molecule has 5 nitrogen and oxygen atoms in total. The molecule has 0 radical (unpaired) electrons. The van der Waals surface area contributed by atoms with Crippen LogP contribution in [-0.2, 0) is 21.3 Å². The van der Waals surface area contributed by atoms with Gasteiger partial charge in [0.15, 0.2) is 0 Å². The zero-order valence-electron chi connectivity index (χ0n) is 14.5. The summed E-state index contributed by atoms with van der Waals surface area (Å²) in [7, 11) is -1.07. The van der Waals surface area contributed by atoms with Gasteiger partial charge in [-0.05, 0) is 51.7 Å². The van der Waals surface area contributed by atoms with E-state index in [1.807, 2.05) is 26.8 Å². The molecule has 2 rings (SSSR count). The fourth-order valence-electron chi connectivity index (χ4n) is 2.69. The lowest BCUT2D eigenvalue weighted by Gasteiger charge is -2.36. The maximum absolute atomic E-state index is 12.5. The molecule has 1 aliphatic rings. The number of carbonyl (C=O) groups is 1. The Kier molecular flexibility index (Phi) is 6.63. The van der Waals surface area contributed by atoms with Crippen LogP contribution in [-0.4, -0.2) is 44.1 Å². The minimum atomic E-state index is -1.07. The molecule has 1 fully saturated rings. The van der Waals surface area contributed by atoms with Crippen LogP contribution in [0.5, 0.6) is 0 Å². The molecule has 1 aromatic heterocycles. The number of halogens is 1. The first-order valence-corrected chi connectivity index (χ1v) is 10.1. The van der Waals surface area contributed by atoms with Crippen molar-refractivity contribution < 1.29 is 13.7 Å². The van der Waals surface area contributed by atoms with E-state index in [-0.39, 0.29) is 12.1 Å². The number of piperidine rings is 1. The molecule has 7 heteroatoms. The van der Waals surface area contributed by atoms with E-state index in [2.05, 4.69) is 4.98 Å². The normalized spacial score (nSPS) is 19.8. The third-order valence-electron chi connectivity index (χ3n) is 3.75. The minimum absolute atomic E-state index is 0.0327. The van der Waals surface area contributed by atoms with E-state index in [4.69, 9.17) is 16.3 Å². The van der Waals surface area contributed by atoms with E-state index in [0.29, 0.717) is 23.2 Å². The van der Waals surface area contributed by atoms with E-state index in [1.165, 1.54) is 0 Å². The molecular formula is C17H25ClN2O3S. The number of rotatable bonds is 4. The van der Waals surface area contributed by atoms with E-state index < -0.39 is 16.4 Å². The molecule has 0 aromatic carbocycles. The Balaban J connectivity index is 1.96. The number of ether oxygens (including phenoxy) is 1. The van der Waals surface area contributed by atoms with Gasteiger partial charge in [0.2, 0.25) is 0 Å². The van der Waals surface area contributed by atoms with Crippen LogP contribution in [0.3, 0.4) is 0 Å². The first kappa shape index (κ1) is 19.2. The van der Waals surface area contributed by atoms with Crippen molar-refractivity contribution in [1.82, 2.24) is 9.88 Å². The molecule has 0 N–H and O–H groups in total. The number of hydrogen-bond donors (Lipinski definition) is 0. The summed E-state index contributed by atoms with van der Waals surface area (Å²) in [5.74, 6) is 0.880. The molecule has 2 unspecified atom stereocenters. The number of hydrogen-bond acceptors (Lipinski definition) is 4. The predicted molar refractivity (Wildman–Crippen MR) is 96.5 cm³/mol. The highest BCUT2D eigenvalue weighted by molar-refractivity contribution is 7.84. The number of aromatic nitrogens is 1. The van der Waals surface area contributed by atoms with Gasteiger partial charge in [0, 0.05) is 35.3 Å². The zero-order valence-corrected chi connectivity index (χ0v) is 16.0. The van der Waals surface area contributed by atoms with Crippen molar-refractivity contribution in [3.8, 4) is 0 Å². The van der Waals surface area contributed by atoms with Crippen LogP contribution >= 0.6 is 11.6 Å². The van der Waals surface area contributed by atoms with Crippen molar-refractivity contribution in [3.05, 3.63) is 29.0 Å². The summed E-state index contributed by atoms with van der Waals surface area (Å²) in [5.41, 5.74) is 0.366. The van der Waals surface area contributed by atoms with Gasteiger partial charge < -0.3 is 9.64 Å². The summed E-state index contributed by atoms with van der Waals surface area (Å²) in [6.07, 6.45) is 4.21. The molecular weight excluding hydrogens is 348 g/mol. The van der Waals surface area contributed by atoms with Crippen molar-refractivity contribution in [2.75, 3.05) is 12.3 Å². The average molecular weight is 373 g/mol. The third kappa shape index (κ3) is 6.06. The summed E-state index contributed by atoms with van der Waals surface area (Å²) in [6, 6.07) is 3.50. The molecule has 1 aromatic rings. The highest BCUT2D eigenvalue weighted by Gasteiger charge is 2.31. The summed E-state index contributed by atoms with van der Waals surface area (Å²) in [6.45, 7) is 6.24. The molecule has 2 heterocycles. The molecule has 2 atom stereocenters. The van der Waals surface area contributed by atoms with Gasteiger partial charge >= 0.3 is 6.09 Å². The largest absolute Gasteiger partial charge is 0.444 e. The van der Waals surface area contributed by atoms with Crippen molar-refractivity contribution >= 4 is 28.5 Å². The monoisotopic (exact) mass is 372 g/mol. The second kappa shape index (κ2) is 8.30. The lowest BCUT2D eigenvalue weighted by Crippen LogP contribution is -2.48. The van der Waals surface area contributed by atoms with Gasteiger partial charge in [0.05, 0.1) is 5.75 Å². The van der Waals surface area contributed by atoms with Crippen LogP contribution < -0.4 is 0 Å². The fourth-order valence-corrected chi connectivity index (χ4v) is 4.23. The number of carbonyl (C=O) groups excluding carboxylic acids is 1. The first-order valence-electron chi connectivity index (χ1n) is 8.19. The topological polar surface area (TPSA) is 59.5 Å². The summed E-state index contributed by atoms with van der Waals surface area (Å²) >= 11 is 5.77. The Labute approximate surface area is 151 Å².